The maximum absolute atomic E-state index is 12.6. The number of carbonyl (C=O) groups excluding carboxylic acids is 1. The molecule has 0 spiro atoms. The number of aliphatic hydroxyl groups excluding tert-OH is 1. The molecule has 1 heterocycles. The maximum Gasteiger partial charge on any atom is 0.265 e. The molecule has 5 nitrogen and oxygen atoms in total. The van der Waals surface area contributed by atoms with Crippen LogP contribution < -0.4 is 5.32 Å². The molecule has 0 radical (unpaired) electrons. The Hall–Kier alpha value is -1.01. The zero-order chi connectivity index (χ0) is 15.7. The molecule has 1 aliphatic rings. The van der Waals surface area contributed by atoms with Gasteiger partial charge in [0.25, 0.3) is 5.91 Å². The normalized spacial score (nSPS) is 26.6. The predicted octanol–water partition coefficient (Wildman–Crippen LogP) is 2.51. The number of carbonyl (C=O) groups is 1. The molecule has 1 fully saturated rings. The van der Waals surface area contributed by atoms with Crippen LogP contribution in [0.3, 0.4) is 0 Å². The van der Waals surface area contributed by atoms with Crippen molar-refractivity contribution in [3.8, 4) is 0 Å². The van der Waals surface area contributed by atoms with Crippen LogP contribution in [-0.2, 0) is 5.41 Å². The monoisotopic (exact) mass is 311 g/mol. The van der Waals surface area contributed by atoms with Crippen molar-refractivity contribution in [1.29, 1.82) is 0 Å². The van der Waals surface area contributed by atoms with E-state index in [4.69, 9.17) is 0 Å². The third-order valence-corrected chi connectivity index (χ3v) is 5.04. The highest BCUT2D eigenvalue weighted by atomic mass is 32.1. The van der Waals surface area contributed by atoms with Gasteiger partial charge in [-0.05, 0) is 43.1 Å². The second kappa shape index (κ2) is 6.01. The summed E-state index contributed by atoms with van der Waals surface area (Å²) in [4.78, 5) is 13.2. The summed E-state index contributed by atoms with van der Waals surface area (Å²) < 4.78 is 3.93. The molecule has 0 saturated heterocycles. The molecule has 1 saturated carbocycles. The largest absolute Gasteiger partial charge is 0.394 e. The lowest BCUT2D eigenvalue weighted by Gasteiger charge is -2.38. The number of rotatable bonds is 3. The fraction of sp³-hybridized carbons (Fsp3) is 0.800. The van der Waals surface area contributed by atoms with Gasteiger partial charge in [0.05, 0.1) is 17.8 Å². The Morgan fingerprint density at radius 2 is 2.05 bits per heavy atom. The summed E-state index contributed by atoms with van der Waals surface area (Å²) in [5.74, 6) is 0.510. The fourth-order valence-electron chi connectivity index (χ4n) is 2.77. The first-order chi connectivity index (χ1) is 9.77. The molecule has 2 rings (SSSR count). The molecule has 0 aliphatic heterocycles. The van der Waals surface area contributed by atoms with E-state index in [1.807, 2.05) is 20.8 Å². The Labute approximate surface area is 130 Å². The lowest BCUT2D eigenvalue weighted by atomic mass is 9.77. The van der Waals surface area contributed by atoms with Crippen molar-refractivity contribution in [3.63, 3.8) is 0 Å². The molecule has 2 N–H and O–H groups in total. The first-order valence-corrected chi connectivity index (χ1v) is 8.31. The van der Waals surface area contributed by atoms with Gasteiger partial charge in [0.1, 0.15) is 4.88 Å². The van der Waals surface area contributed by atoms with E-state index >= 15 is 0 Å². The third kappa shape index (κ3) is 3.61. The Bertz CT molecular complexity index is 499. The first-order valence-electron chi connectivity index (χ1n) is 7.54. The van der Waals surface area contributed by atoms with Gasteiger partial charge in [-0.1, -0.05) is 32.2 Å². The molecule has 1 amide bonds. The fourth-order valence-corrected chi connectivity index (χ4v) is 3.54. The summed E-state index contributed by atoms with van der Waals surface area (Å²) in [6.07, 6.45) is 3.72. The van der Waals surface area contributed by atoms with Gasteiger partial charge in [0.15, 0.2) is 0 Å². The standard InChI is InChI=1S/C15H25N3O2S/c1-10-5-7-15(9-19,8-6-10)16-13(20)11-12(14(2,3)4)17-18-21-11/h10,19H,5-9H2,1-4H3,(H,16,20). The third-order valence-electron chi connectivity index (χ3n) is 4.32. The van der Waals surface area contributed by atoms with Crippen molar-refractivity contribution in [1.82, 2.24) is 14.9 Å². The van der Waals surface area contributed by atoms with Crippen LogP contribution in [0.1, 0.15) is 68.7 Å². The smallest absolute Gasteiger partial charge is 0.265 e. The van der Waals surface area contributed by atoms with Gasteiger partial charge >= 0.3 is 0 Å². The van der Waals surface area contributed by atoms with Crippen molar-refractivity contribution in [2.75, 3.05) is 6.61 Å². The maximum atomic E-state index is 12.6. The number of amides is 1. The molecule has 1 aromatic heterocycles. The van der Waals surface area contributed by atoms with Gasteiger partial charge in [-0.15, -0.1) is 5.10 Å². The van der Waals surface area contributed by atoms with Crippen LogP contribution in [0.2, 0.25) is 0 Å². The lowest BCUT2D eigenvalue weighted by molar-refractivity contribution is 0.0718. The molecule has 0 unspecified atom stereocenters. The molecule has 0 atom stereocenters. The van der Waals surface area contributed by atoms with Gasteiger partial charge in [0, 0.05) is 5.41 Å². The van der Waals surface area contributed by atoms with Crippen LogP contribution in [0, 0.1) is 5.92 Å². The zero-order valence-corrected chi connectivity index (χ0v) is 14.1. The second-order valence-electron chi connectivity index (χ2n) is 7.28. The second-order valence-corrected chi connectivity index (χ2v) is 8.03. The quantitative estimate of drug-likeness (QED) is 0.899. The molecule has 0 aromatic carbocycles. The summed E-state index contributed by atoms with van der Waals surface area (Å²) in [7, 11) is 0. The van der Waals surface area contributed by atoms with Crippen molar-refractivity contribution in [2.24, 2.45) is 5.92 Å². The molecule has 0 bridgehead atoms. The van der Waals surface area contributed by atoms with E-state index in [1.165, 1.54) is 0 Å². The average molecular weight is 311 g/mol. The number of nitrogens with zero attached hydrogens (tertiary/aromatic N) is 2. The number of aliphatic hydroxyl groups is 1. The molecular formula is C15H25N3O2S. The van der Waals surface area contributed by atoms with Crippen molar-refractivity contribution < 1.29 is 9.90 Å². The minimum absolute atomic E-state index is 0.0114. The lowest BCUT2D eigenvalue weighted by Crippen LogP contribution is -2.53. The number of aromatic nitrogens is 2. The summed E-state index contributed by atoms with van der Waals surface area (Å²) >= 11 is 1.13. The zero-order valence-electron chi connectivity index (χ0n) is 13.3. The van der Waals surface area contributed by atoms with E-state index < -0.39 is 5.54 Å². The molecule has 1 aromatic rings. The van der Waals surface area contributed by atoms with Crippen LogP contribution in [0.15, 0.2) is 0 Å². The van der Waals surface area contributed by atoms with E-state index in [2.05, 4.69) is 21.8 Å². The van der Waals surface area contributed by atoms with Crippen LogP contribution in [0.5, 0.6) is 0 Å². The molecular weight excluding hydrogens is 286 g/mol. The average Bonchev–Trinajstić information content (AvgIpc) is 2.91. The number of nitrogens with one attached hydrogen (secondary N) is 1. The molecule has 21 heavy (non-hydrogen) atoms. The Morgan fingerprint density at radius 1 is 1.43 bits per heavy atom. The Morgan fingerprint density at radius 3 is 2.57 bits per heavy atom. The highest BCUT2D eigenvalue weighted by Crippen LogP contribution is 2.33. The van der Waals surface area contributed by atoms with Crippen molar-refractivity contribution in [3.05, 3.63) is 10.6 Å². The van der Waals surface area contributed by atoms with Crippen LogP contribution >= 0.6 is 11.5 Å². The molecule has 1 aliphatic carbocycles. The highest BCUT2D eigenvalue weighted by Gasteiger charge is 2.37. The van der Waals surface area contributed by atoms with Gasteiger partial charge in [-0.3, -0.25) is 4.79 Å². The van der Waals surface area contributed by atoms with E-state index in [1.54, 1.807) is 0 Å². The van der Waals surface area contributed by atoms with Crippen LogP contribution in [0.25, 0.3) is 0 Å². The van der Waals surface area contributed by atoms with Gasteiger partial charge in [-0.25, -0.2) is 0 Å². The molecule has 118 valence electrons. The first kappa shape index (κ1) is 16.4. The van der Waals surface area contributed by atoms with E-state index in [0.29, 0.717) is 10.8 Å². The number of hydrogen-bond donors (Lipinski definition) is 2. The number of hydrogen-bond acceptors (Lipinski definition) is 5. The topological polar surface area (TPSA) is 75.1 Å². The van der Waals surface area contributed by atoms with Crippen LogP contribution in [0.4, 0.5) is 0 Å². The van der Waals surface area contributed by atoms with Gasteiger partial charge < -0.3 is 10.4 Å². The molecule has 6 heteroatoms. The van der Waals surface area contributed by atoms with E-state index in [9.17, 15) is 9.90 Å². The highest BCUT2D eigenvalue weighted by molar-refractivity contribution is 7.08. The SMILES string of the molecule is CC1CCC(CO)(NC(=O)c2snnc2C(C)(C)C)CC1. The van der Waals surface area contributed by atoms with Crippen molar-refractivity contribution >= 4 is 17.4 Å². The summed E-state index contributed by atoms with van der Waals surface area (Å²) in [6, 6.07) is 0. The van der Waals surface area contributed by atoms with Crippen LogP contribution in [-0.4, -0.2) is 32.7 Å². The predicted molar refractivity (Wildman–Crippen MR) is 83.5 cm³/mol. The van der Waals surface area contributed by atoms with Gasteiger partial charge in [-0.2, -0.15) is 0 Å². The van der Waals surface area contributed by atoms with E-state index in [0.717, 1.165) is 42.9 Å². The minimum atomic E-state index is -0.483. The van der Waals surface area contributed by atoms with E-state index in [-0.39, 0.29) is 17.9 Å². The Kier molecular flexibility index (Phi) is 4.68. The Balaban J connectivity index is 2.16. The minimum Gasteiger partial charge on any atom is -0.394 e. The summed E-state index contributed by atoms with van der Waals surface area (Å²) in [6.45, 7) is 8.26. The summed E-state index contributed by atoms with van der Waals surface area (Å²) in [5.41, 5.74) is 0.0258. The van der Waals surface area contributed by atoms with Gasteiger partial charge in [0.2, 0.25) is 0 Å². The van der Waals surface area contributed by atoms with Crippen molar-refractivity contribution in [2.45, 2.75) is 64.3 Å². The summed E-state index contributed by atoms with van der Waals surface area (Å²) in [5, 5.41) is 16.9.